The van der Waals surface area contributed by atoms with E-state index in [0.29, 0.717) is 42.8 Å². The Hall–Kier alpha value is -3.61. The van der Waals surface area contributed by atoms with Gasteiger partial charge in [0.2, 0.25) is 5.95 Å². The van der Waals surface area contributed by atoms with Crippen LogP contribution in [0.5, 0.6) is 0 Å². The van der Waals surface area contributed by atoms with Crippen LogP contribution in [-0.2, 0) is 10.9 Å². The predicted molar refractivity (Wildman–Crippen MR) is 130 cm³/mol. The third-order valence-corrected chi connectivity index (χ3v) is 6.17. The van der Waals surface area contributed by atoms with Crippen LogP contribution in [0.4, 0.5) is 29.7 Å². The van der Waals surface area contributed by atoms with E-state index in [1.165, 1.54) is 23.0 Å². The summed E-state index contributed by atoms with van der Waals surface area (Å²) in [4.78, 5) is 23.3. The van der Waals surface area contributed by atoms with Gasteiger partial charge in [-0.25, -0.2) is 9.48 Å². The molecular weight excluding hydrogens is 491 g/mol. The molecule has 5 rings (SSSR count). The van der Waals surface area contributed by atoms with Gasteiger partial charge in [-0.2, -0.15) is 28.2 Å². The molecule has 198 valence electrons. The van der Waals surface area contributed by atoms with Crippen LogP contribution in [0.2, 0.25) is 0 Å². The van der Waals surface area contributed by atoms with Gasteiger partial charge in [-0.3, -0.25) is 0 Å². The molecule has 1 saturated carbocycles. The van der Waals surface area contributed by atoms with Gasteiger partial charge in [0.15, 0.2) is 5.65 Å². The van der Waals surface area contributed by atoms with E-state index >= 15 is 0 Å². The lowest BCUT2D eigenvalue weighted by atomic mass is 9.90. The van der Waals surface area contributed by atoms with E-state index in [4.69, 9.17) is 4.74 Å². The number of halogens is 3. The standard InChI is InChI=1S/C24H28F3N7O3/c1-23(2,3)37-22(36)30-15-11-33(12-15)19-18-10-28-34(16-6-4-5-13(7-16)24(25,26)27)20(18)32-21(31-19)29-14-8-17(35)9-14/h4-7,10,14-15,17,35H,8-9,11-12H2,1-3H3,(H,30,36)(H,29,31,32). The van der Waals surface area contributed by atoms with Crippen LogP contribution in [0.15, 0.2) is 30.5 Å². The molecule has 0 atom stereocenters. The number of aliphatic hydroxyl groups is 1. The molecule has 1 aromatic carbocycles. The normalized spacial score (nSPS) is 20.4. The highest BCUT2D eigenvalue weighted by molar-refractivity contribution is 5.89. The number of fused-ring (bicyclic) bond motifs is 1. The minimum atomic E-state index is -4.50. The van der Waals surface area contributed by atoms with E-state index < -0.39 is 23.4 Å². The third kappa shape index (κ3) is 5.41. The number of anilines is 2. The van der Waals surface area contributed by atoms with Crippen LogP contribution in [0.3, 0.4) is 0 Å². The third-order valence-electron chi connectivity index (χ3n) is 6.17. The quantitative estimate of drug-likeness (QED) is 0.469. The van der Waals surface area contributed by atoms with Gasteiger partial charge in [0, 0.05) is 19.1 Å². The number of carbonyl (C=O) groups excluding carboxylic acids is 1. The summed E-state index contributed by atoms with van der Waals surface area (Å²) in [7, 11) is 0. The maximum Gasteiger partial charge on any atom is 0.416 e. The minimum absolute atomic E-state index is 0.0109. The van der Waals surface area contributed by atoms with Crippen molar-refractivity contribution in [2.45, 2.75) is 63.6 Å². The summed E-state index contributed by atoms with van der Waals surface area (Å²) < 4.78 is 46.6. The Kier molecular flexibility index (Phi) is 6.13. The molecule has 3 aromatic rings. The summed E-state index contributed by atoms with van der Waals surface area (Å²) in [5.41, 5.74) is -0.841. The molecule has 1 aliphatic carbocycles. The summed E-state index contributed by atoms with van der Waals surface area (Å²) >= 11 is 0. The number of carbonyl (C=O) groups is 1. The lowest BCUT2D eigenvalue weighted by molar-refractivity contribution is -0.137. The second-order valence-electron chi connectivity index (χ2n) is 10.4. The fraction of sp³-hybridized carbons (Fsp3) is 0.500. The summed E-state index contributed by atoms with van der Waals surface area (Å²) in [6.45, 7) is 6.28. The van der Waals surface area contributed by atoms with Gasteiger partial charge in [-0.1, -0.05) is 6.07 Å². The van der Waals surface area contributed by atoms with Crippen molar-refractivity contribution in [3.63, 3.8) is 0 Å². The Labute approximate surface area is 210 Å². The highest BCUT2D eigenvalue weighted by Gasteiger charge is 2.34. The second-order valence-corrected chi connectivity index (χ2v) is 10.4. The molecule has 2 fully saturated rings. The van der Waals surface area contributed by atoms with Crippen LogP contribution in [-0.4, -0.2) is 67.8 Å². The maximum absolute atomic E-state index is 13.3. The van der Waals surface area contributed by atoms with Gasteiger partial charge in [0.25, 0.3) is 0 Å². The van der Waals surface area contributed by atoms with Gasteiger partial charge in [-0.15, -0.1) is 0 Å². The molecule has 10 nitrogen and oxygen atoms in total. The first-order valence-corrected chi connectivity index (χ1v) is 12.0. The maximum atomic E-state index is 13.3. The van der Waals surface area contributed by atoms with Crippen molar-refractivity contribution in [1.82, 2.24) is 25.1 Å². The number of aromatic nitrogens is 4. The van der Waals surface area contributed by atoms with E-state index in [0.717, 1.165) is 12.1 Å². The van der Waals surface area contributed by atoms with Gasteiger partial charge in [0.05, 0.1) is 35.0 Å². The van der Waals surface area contributed by atoms with Crippen LogP contribution in [0.1, 0.15) is 39.2 Å². The van der Waals surface area contributed by atoms with Gasteiger partial charge in [-0.05, 0) is 51.8 Å². The smallest absolute Gasteiger partial charge is 0.416 e. The second kappa shape index (κ2) is 9.05. The van der Waals surface area contributed by atoms with Gasteiger partial charge >= 0.3 is 12.3 Å². The molecule has 0 bridgehead atoms. The number of rotatable bonds is 5. The van der Waals surface area contributed by atoms with Crippen molar-refractivity contribution < 1.29 is 27.8 Å². The van der Waals surface area contributed by atoms with Crippen LogP contribution in [0, 0.1) is 0 Å². The average molecular weight is 520 g/mol. The first kappa shape index (κ1) is 25.1. The van der Waals surface area contributed by atoms with E-state index in [2.05, 4.69) is 25.7 Å². The van der Waals surface area contributed by atoms with Crippen molar-refractivity contribution in [2.24, 2.45) is 0 Å². The molecular formula is C24H28F3N7O3. The summed E-state index contributed by atoms with van der Waals surface area (Å²) in [5, 5.41) is 20.6. The van der Waals surface area contributed by atoms with Crippen molar-refractivity contribution in [2.75, 3.05) is 23.3 Å². The Morgan fingerprint density at radius 3 is 2.51 bits per heavy atom. The largest absolute Gasteiger partial charge is 0.444 e. The summed E-state index contributed by atoms with van der Waals surface area (Å²) in [5.74, 6) is 0.838. The van der Waals surface area contributed by atoms with E-state index in [1.54, 1.807) is 20.8 Å². The lowest BCUT2D eigenvalue weighted by Gasteiger charge is -2.40. The zero-order chi connectivity index (χ0) is 26.5. The number of hydrogen-bond donors (Lipinski definition) is 3. The average Bonchev–Trinajstić information content (AvgIpc) is 3.17. The van der Waals surface area contributed by atoms with Crippen LogP contribution < -0.4 is 15.5 Å². The molecule has 1 saturated heterocycles. The number of hydrogen-bond acceptors (Lipinski definition) is 8. The molecule has 37 heavy (non-hydrogen) atoms. The van der Waals surface area contributed by atoms with Crippen molar-refractivity contribution in [1.29, 1.82) is 0 Å². The first-order chi connectivity index (χ1) is 17.4. The number of ether oxygens (including phenoxy) is 1. The molecule has 13 heteroatoms. The van der Waals surface area contributed by atoms with Crippen LogP contribution in [0.25, 0.3) is 16.7 Å². The molecule has 3 N–H and O–H groups in total. The number of alkyl halides is 3. The van der Waals surface area contributed by atoms with E-state index in [1.807, 2.05) is 4.90 Å². The summed E-state index contributed by atoms with van der Waals surface area (Å²) in [6, 6.07) is 4.71. The molecule has 1 aliphatic heterocycles. The van der Waals surface area contributed by atoms with Gasteiger partial charge in [0.1, 0.15) is 11.4 Å². The first-order valence-electron chi connectivity index (χ1n) is 12.0. The Morgan fingerprint density at radius 1 is 1.14 bits per heavy atom. The minimum Gasteiger partial charge on any atom is -0.444 e. The number of alkyl carbamates (subject to hydrolysis) is 1. The summed E-state index contributed by atoms with van der Waals surface area (Å²) in [6.07, 6.45) is -2.76. The molecule has 2 aliphatic rings. The SMILES string of the molecule is CC(C)(C)OC(=O)NC1CN(c2nc(NC3CC(O)C3)nc3c2cnn3-c2cccc(C(F)(F)F)c2)C1. The number of aliphatic hydroxyl groups excluding tert-OH is 1. The lowest BCUT2D eigenvalue weighted by Crippen LogP contribution is -2.60. The Bertz CT molecular complexity index is 1310. The van der Waals surface area contributed by atoms with Crippen molar-refractivity contribution in [3.8, 4) is 5.69 Å². The van der Waals surface area contributed by atoms with Gasteiger partial charge < -0.3 is 25.4 Å². The molecule has 3 heterocycles. The molecule has 0 spiro atoms. The van der Waals surface area contributed by atoms with Crippen molar-refractivity contribution >= 4 is 28.9 Å². The molecule has 1 amide bonds. The van der Waals surface area contributed by atoms with E-state index in [9.17, 15) is 23.1 Å². The predicted octanol–water partition coefficient (Wildman–Crippen LogP) is 3.48. The van der Waals surface area contributed by atoms with Crippen molar-refractivity contribution in [3.05, 3.63) is 36.0 Å². The number of benzene rings is 1. The highest BCUT2D eigenvalue weighted by Crippen LogP contribution is 2.33. The number of nitrogens with one attached hydrogen (secondary N) is 2. The molecule has 0 unspecified atom stereocenters. The number of amides is 1. The monoisotopic (exact) mass is 519 g/mol. The zero-order valence-electron chi connectivity index (χ0n) is 20.6. The van der Waals surface area contributed by atoms with Crippen LogP contribution >= 0.6 is 0 Å². The molecule has 2 aromatic heterocycles. The fourth-order valence-corrected chi connectivity index (χ4v) is 4.31. The van der Waals surface area contributed by atoms with E-state index in [-0.39, 0.29) is 29.8 Å². The topological polar surface area (TPSA) is 117 Å². The highest BCUT2D eigenvalue weighted by atomic mass is 19.4. The number of nitrogens with zero attached hydrogens (tertiary/aromatic N) is 5. The Balaban J connectivity index is 1.44. The Morgan fingerprint density at radius 2 is 1.86 bits per heavy atom. The zero-order valence-corrected chi connectivity index (χ0v) is 20.6. The molecule has 0 radical (unpaired) electrons. The fourth-order valence-electron chi connectivity index (χ4n) is 4.31.